The lowest BCUT2D eigenvalue weighted by molar-refractivity contribution is -0.118. The number of hydrogen-bond donors (Lipinski definition) is 3. The summed E-state index contributed by atoms with van der Waals surface area (Å²) in [6, 6.07) is 7.49. The molecular weight excluding hydrogens is 316 g/mol. The number of rotatable bonds is 7. The van der Waals surface area contributed by atoms with Crippen LogP contribution in [0.3, 0.4) is 0 Å². The second-order valence-electron chi connectivity index (χ2n) is 4.89. The zero-order chi connectivity index (χ0) is 16.8. The maximum atomic E-state index is 12.0. The minimum Gasteiger partial charge on any atom is -0.390 e. The van der Waals surface area contributed by atoms with E-state index in [1.165, 1.54) is 22.5 Å². The topological polar surface area (TPSA) is 110 Å². The van der Waals surface area contributed by atoms with Crippen LogP contribution in [0.5, 0.6) is 0 Å². The Morgan fingerprint density at radius 1 is 1.39 bits per heavy atom. The maximum Gasteiger partial charge on any atom is 0.237 e. The fraction of sp³-hybridized carbons (Fsp3) is 0.267. The Morgan fingerprint density at radius 2 is 2.13 bits per heavy atom. The number of nitrogens with one attached hydrogen (secondary N) is 1. The number of thioether (sulfide) groups is 1. The molecule has 7 nitrogen and oxygen atoms in total. The van der Waals surface area contributed by atoms with Crippen molar-refractivity contribution in [2.75, 3.05) is 11.1 Å². The average molecular weight is 334 g/mol. The van der Waals surface area contributed by atoms with Crippen LogP contribution in [0.4, 0.5) is 5.69 Å². The van der Waals surface area contributed by atoms with Gasteiger partial charge in [0.1, 0.15) is 6.54 Å². The van der Waals surface area contributed by atoms with E-state index in [1.54, 1.807) is 0 Å². The predicted octanol–water partition coefficient (Wildman–Crippen LogP) is 0.900. The molecule has 0 saturated carbocycles. The monoisotopic (exact) mass is 334 g/mol. The maximum absolute atomic E-state index is 12.0. The third kappa shape index (κ3) is 4.57. The molecule has 0 aliphatic heterocycles. The SMILES string of the molecule is Cc1ccccc1NC(=O)CSc1ncc(CO)n1CC(N)=O. The third-order valence-corrected chi connectivity index (χ3v) is 4.12. The van der Waals surface area contributed by atoms with Crippen molar-refractivity contribution in [2.24, 2.45) is 5.73 Å². The fourth-order valence-electron chi connectivity index (χ4n) is 1.99. The van der Waals surface area contributed by atoms with Crippen LogP contribution in [-0.4, -0.2) is 32.2 Å². The summed E-state index contributed by atoms with van der Waals surface area (Å²) in [5.74, 6) is -0.581. The summed E-state index contributed by atoms with van der Waals surface area (Å²) >= 11 is 1.18. The van der Waals surface area contributed by atoms with Gasteiger partial charge in [0.2, 0.25) is 11.8 Å². The van der Waals surface area contributed by atoms with E-state index in [2.05, 4.69) is 10.3 Å². The number of aliphatic hydroxyl groups is 1. The first-order chi connectivity index (χ1) is 11.0. The number of primary amides is 1. The number of aliphatic hydroxyl groups excluding tert-OH is 1. The molecule has 1 aromatic carbocycles. The van der Waals surface area contributed by atoms with Crippen LogP contribution in [0, 0.1) is 6.92 Å². The Hall–Kier alpha value is -2.32. The highest BCUT2D eigenvalue weighted by molar-refractivity contribution is 7.99. The Morgan fingerprint density at radius 3 is 2.78 bits per heavy atom. The van der Waals surface area contributed by atoms with Gasteiger partial charge in [-0.3, -0.25) is 9.59 Å². The second kappa shape index (κ2) is 7.80. The molecule has 0 unspecified atom stereocenters. The lowest BCUT2D eigenvalue weighted by atomic mass is 10.2. The Labute approximate surface area is 137 Å². The molecule has 0 aliphatic carbocycles. The minimum absolute atomic E-state index is 0.0857. The number of anilines is 1. The summed E-state index contributed by atoms with van der Waals surface area (Å²) in [5.41, 5.74) is 7.41. The zero-order valence-corrected chi connectivity index (χ0v) is 13.5. The van der Waals surface area contributed by atoms with Gasteiger partial charge in [-0.1, -0.05) is 30.0 Å². The van der Waals surface area contributed by atoms with Crippen molar-refractivity contribution in [2.45, 2.75) is 25.2 Å². The van der Waals surface area contributed by atoms with Gasteiger partial charge in [-0.25, -0.2) is 4.98 Å². The van der Waals surface area contributed by atoms with Crippen LogP contribution >= 0.6 is 11.8 Å². The number of imidazole rings is 1. The summed E-state index contributed by atoms with van der Waals surface area (Å²) in [6.07, 6.45) is 1.46. The summed E-state index contributed by atoms with van der Waals surface area (Å²) in [5, 5.41) is 12.5. The number of nitrogens with two attached hydrogens (primary N) is 1. The number of para-hydroxylation sites is 1. The molecule has 0 aliphatic rings. The standard InChI is InChI=1S/C15H18N4O3S/c1-10-4-2-3-5-12(10)18-14(22)9-23-15-17-6-11(8-20)19(15)7-13(16)21/h2-6,20H,7-9H2,1H3,(H2,16,21)(H,18,22). The van der Waals surface area contributed by atoms with Crippen LogP contribution in [0.15, 0.2) is 35.6 Å². The van der Waals surface area contributed by atoms with Gasteiger partial charge in [-0.15, -0.1) is 0 Å². The molecule has 0 saturated heterocycles. The molecule has 0 atom stereocenters. The number of benzene rings is 1. The average Bonchev–Trinajstić information content (AvgIpc) is 2.89. The van der Waals surface area contributed by atoms with Crippen LogP contribution < -0.4 is 11.1 Å². The van der Waals surface area contributed by atoms with E-state index in [0.717, 1.165) is 11.3 Å². The highest BCUT2D eigenvalue weighted by Gasteiger charge is 2.14. The quantitative estimate of drug-likeness (QED) is 0.652. The second-order valence-corrected chi connectivity index (χ2v) is 5.84. The van der Waals surface area contributed by atoms with Gasteiger partial charge in [-0.2, -0.15) is 0 Å². The molecule has 23 heavy (non-hydrogen) atoms. The van der Waals surface area contributed by atoms with Gasteiger partial charge < -0.3 is 20.7 Å². The molecule has 4 N–H and O–H groups in total. The summed E-state index contributed by atoms with van der Waals surface area (Å²) in [4.78, 5) is 27.3. The third-order valence-electron chi connectivity index (χ3n) is 3.13. The van der Waals surface area contributed by atoms with E-state index in [9.17, 15) is 14.7 Å². The number of nitrogens with zero attached hydrogens (tertiary/aromatic N) is 2. The molecule has 2 amide bonds. The van der Waals surface area contributed by atoms with Crippen molar-refractivity contribution in [1.29, 1.82) is 0 Å². The van der Waals surface area contributed by atoms with Crippen LogP contribution in [-0.2, 0) is 22.7 Å². The van der Waals surface area contributed by atoms with E-state index in [1.807, 2.05) is 31.2 Å². The van der Waals surface area contributed by atoms with Gasteiger partial charge in [0.25, 0.3) is 0 Å². The van der Waals surface area contributed by atoms with Crippen molar-refractivity contribution in [3.63, 3.8) is 0 Å². The largest absolute Gasteiger partial charge is 0.390 e. The van der Waals surface area contributed by atoms with Crippen LogP contribution in [0.25, 0.3) is 0 Å². The number of carbonyl (C=O) groups is 2. The predicted molar refractivity (Wildman–Crippen MR) is 87.9 cm³/mol. The smallest absolute Gasteiger partial charge is 0.237 e. The van der Waals surface area contributed by atoms with E-state index >= 15 is 0 Å². The van der Waals surface area contributed by atoms with Crippen molar-refractivity contribution in [1.82, 2.24) is 9.55 Å². The highest BCUT2D eigenvalue weighted by atomic mass is 32.2. The van der Waals surface area contributed by atoms with Gasteiger partial charge in [0.05, 0.1) is 24.3 Å². The zero-order valence-electron chi connectivity index (χ0n) is 12.7. The molecule has 0 radical (unpaired) electrons. The Bertz CT molecular complexity index is 714. The van der Waals surface area contributed by atoms with Crippen molar-refractivity contribution >= 4 is 29.3 Å². The number of carbonyl (C=O) groups excluding carboxylic acids is 2. The summed E-state index contributed by atoms with van der Waals surface area (Å²) < 4.78 is 1.51. The van der Waals surface area contributed by atoms with E-state index in [0.29, 0.717) is 10.9 Å². The lowest BCUT2D eigenvalue weighted by Crippen LogP contribution is -2.21. The van der Waals surface area contributed by atoms with Gasteiger partial charge in [0.15, 0.2) is 5.16 Å². The van der Waals surface area contributed by atoms with E-state index in [-0.39, 0.29) is 24.8 Å². The first-order valence-corrected chi connectivity index (χ1v) is 7.91. The van der Waals surface area contributed by atoms with E-state index < -0.39 is 5.91 Å². The summed E-state index contributed by atoms with van der Waals surface area (Å²) in [6.45, 7) is 1.57. The van der Waals surface area contributed by atoms with Gasteiger partial charge in [-0.05, 0) is 18.6 Å². The molecule has 1 aromatic heterocycles. The van der Waals surface area contributed by atoms with Gasteiger partial charge >= 0.3 is 0 Å². The van der Waals surface area contributed by atoms with Crippen molar-refractivity contribution in [3.8, 4) is 0 Å². The normalized spacial score (nSPS) is 10.5. The number of hydrogen-bond acceptors (Lipinski definition) is 5. The Kier molecular flexibility index (Phi) is 5.78. The molecular formula is C15H18N4O3S. The number of aromatic nitrogens is 2. The number of amides is 2. The molecule has 0 spiro atoms. The molecule has 8 heteroatoms. The fourth-order valence-corrected chi connectivity index (χ4v) is 2.79. The van der Waals surface area contributed by atoms with E-state index in [4.69, 9.17) is 5.73 Å². The van der Waals surface area contributed by atoms with Crippen LogP contribution in [0.1, 0.15) is 11.3 Å². The molecule has 0 bridgehead atoms. The molecule has 2 aromatic rings. The molecule has 2 rings (SSSR count). The molecule has 122 valence electrons. The number of aryl methyl sites for hydroxylation is 1. The van der Waals surface area contributed by atoms with Crippen molar-refractivity contribution in [3.05, 3.63) is 41.7 Å². The minimum atomic E-state index is -0.538. The molecule has 0 fully saturated rings. The Balaban J connectivity index is 2.00. The van der Waals surface area contributed by atoms with Crippen molar-refractivity contribution < 1.29 is 14.7 Å². The molecule has 1 heterocycles. The first-order valence-electron chi connectivity index (χ1n) is 6.93. The van der Waals surface area contributed by atoms with Gasteiger partial charge in [0, 0.05) is 5.69 Å². The lowest BCUT2D eigenvalue weighted by Gasteiger charge is -2.09. The summed E-state index contributed by atoms with van der Waals surface area (Å²) in [7, 11) is 0. The van der Waals surface area contributed by atoms with Crippen LogP contribution in [0.2, 0.25) is 0 Å². The first kappa shape index (κ1) is 17.0. The highest BCUT2D eigenvalue weighted by Crippen LogP contribution is 2.20.